The number of allylic oxidation sites excluding steroid dienone is 2. The van der Waals surface area contributed by atoms with Gasteiger partial charge in [0, 0.05) is 0 Å². The standard InChI is InChI=1S/C10H16O/c1-10(2,3)11-8-9-6-4-5-7-9/h4,6-7H,5,8H2,1-3H3. The first-order valence-electron chi connectivity index (χ1n) is 4.07. The van der Waals surface area contributed by atoms with Crippen molar-refractivity contribution in [3.63, 3.8) is 0 Å². The normalized spacial score (nSPS) is 17.2. The molecule has 1 nitrogen and oxygen atoms in total. The van der Waals surface area contributed by atoms with Gasteiger partial charge in [0.2, 0.25) is 0 Å². The van der Waals surface area contributed by atoms with Crippen molar-refractivity contribution >= 4 is 0 Å². The molecule has 0 unspecified atom stereocenters. The maximum Gasteiger partial charge on any atom is 0.0720 e. The Morgan fingerprint density at radius 3 is 2.64 bits per heavy atom. The average molecular weight is 152 g/mol. The highest BCUT2D eigenvalue weighted by atomic mass is 16.5. The molecule has 0 aromatic carbocycles. The summed E-state index contributed by atoms with van der Waals surface area (Å²) in [7, 11) is 0. The fourth-order valence-electron chi connectivity index (χ4n) is 0.914. The van der Waals surface area contributed by atoms with Crippen LogP contribution in [0, 0.1) is 0 Å². The lowest BCUT2D eigenvalue weighted by Gasteiger charge is -2.19. The van der Waals surface area contributed by atoms with Crippen LogP contribution < -0.4 is 0 Å². The van der Waals surface area contributed by atoms with Crippen molar-refractivity contribution in [1.29, 1.82) is 0 Å². The SMILES string of the molecule is CC(C)(C)OCC1=CCC=C1. The van der Waals surface area contributed by atoms with Gasteiger partial charge in [0.15, 0.2) is 0 Å². The van der Waals surface area contributed by atoms with E-state index in [0.717, 1.165) is 13.0 Å². The Balaban J connectivity index is 2.28. The zero-order chi connectivity index (χ0) is 8.32. The lowest BCUT2D eigenvalue weighted by atomic mass is 10.2. The first kappa shape index (κ1) is 8.54. The molecule has 0 aromatic rings. The highest BCUT2D eigenvalue weighted by molar-refractivity contribution is 5.26. The van der Waals surface area contributed by atoms with E-state index in [1.807, 2.05) is 0 Å². The maximum atomic E-state index is 5.59. The van der Waals surface area contributed by atoms with Crippen molar-refractivity contribution in [3.8, 4) is 0 Å². The molecule has 1 aliphatic carbocycles. The molecule has 0 spiro atoms. The van der Waals surface area contributed by atoms with Crippen LogP contribution >= 0.6 is 0 Å². The summed E-state index contributed by atoms with van der Waals surface area (Å²) in [4.78, 5) is 0. The smallest absolute Gasteiger partial charge is 0.0720 e. The van der Waals surface area contributed by atoms with Gasteiger partial charge < -0.3 is 4.74 Å². The van der Waals surface area contributed by atoms with Gasteiger partial charge in [-0.1, -0.05) is 18.2 Å². The van der Waals surface area contributed by atoms with E-state index in [4.69, 9.17) is 4.74 Å². The zero-order valence-corrected chi connectivity index (χ0v) is 7.55. The predicted molar refractivity (Wildman–Crippen MR) is 47.5 cm³/mol. The lowest BCUT2D eigenvalue weighted by Crippen LogP contribution is -2.20. The monoisotopic (exact) mass is 152 g/mol. The molecule has 0 fully saturated rings. The van der Waals surface area contributed by atoms with Crippen LogP contribution in [0.5, 0.6) is 0 Å². The molecule has 0 saturated carbocycles. The Bertz CT molecular complexity index is 182. The molecule has 0 bridgehead atoms. The van der Waals surface area contributed by atoms with E-state index in [0.29, 0.717) is 0 Å². The fraction of sp³-hybridized carbons (Fsp3) is 0.600. The number of ether oxygens (including phenoxy) is 1. The van der Waals surface area contributed by atoms with Gasteiger partial charge in [-0.15, -0.1) is 0 Å². The van der Waals surface area contributed by atoms with Crippen LogP contribution in [0.4, 0.5) is 0 Å². The molecule has 0 amide bonds. The van der Waals surface area contributed by atoms with Gasteiger partial charge in [-0.05, 0) is 32.8 Å². The summed E-state index contributed by atoms with van der Waals surface area (Å²) in [5.74, 6) is 0. The second-order valence-electron chi connectivity index (χ2n) is 3.82. The van der Waals surface area contributed by atoms with Crippen LogP contribution in [-0.4, -0.2) is 12.2 Å². The minimum Gasteiger partial charge on any atom is -0.371 e. The third kappa shape index (κ3) is 3.38. The van der Waals surface area contributed by atoms with E-state index in [9.17, 15) is 0 Å². The van der Waals surface area contributed by atoms with Gasteiger partial charge >= 0.3 is 0 Å². The molecular formula is C10H16O. The second-order valence-corrected chi connectivity index (χ2v) is 3.82. The van der Waals surface area contributed by atoms with E-state index in [1.54, 1.807) is 0 Å². The predicted octanol–water partition coefficient (Wildman–Crippen LogP) is 2.69. The zero-order valence-electron chi connectivity index (χ0n) is 7.55. The number of hydrogen-bond acceptors (Lipinski definition) is 1. The largest absolute Gasteiger partial charge is 0.371 e. The third-order valence-electron chi connectivity index (χ3n) is 1.52. The number of hydrogen-bond donors (Lipinski definition) is 0. The van der Waals surface area contributed by atoms with Crippen molar-refractivity contribution in [2.75, 3.05) is 6.61 Å². The molecule has 0 atom stereocenters. The summed E-state index contributed by atoms with van der Waals surface area (Å²) in [5.41, 5.74) is 1.29. The topological polar surface area (TPSA) is 9.23 Å². The third-order valence-corrected chi connectivity index (χ3v) is 1.52. The summed E-state index contributed by atoms with van der Waals surface area (Å²) in [5, 5.41) is 0. The minimum atomic E-state index is -0.0166. The van der Waals surface area contributed by atoms with Crippen LogP contribution in [0.3, 0.4) is 0 Å². The van der Waals surface area contributed by atoms with Gasteiger partial charge in [-0.2, -0.15) is 0 Å². The van der Waals surface area contributed by atoms with Gasteiger partial charge in [0.25, 0.3) is 0 Å². The molecule has 0 saturated heterocycles. The summed E-state index contributed by atoms with van der Waals surface area (Å²) >= 11 is 0. The molecule has 1 aliphatic rings. The van der Waals surface area contributed by atoms with Gasteiger partial charge in [0.05, 0.1) is 12.2 Å². The van der Waals surface area contributed by atoms with Crippen molar-refractivity contribution in [2.45, 2.75) is 32.8 Å². The van der Waals surface area contributed by atoms with Gasteiger partial charge in [-0.25, -0.2) is 0 Å². The first-order valence-corrected chi connectivity index (χ1v) is 4.07. The Morgan fingerprint density at radius 1 is 1.45 bits per heavy atom. The number of rotatable bonds is 2. The van der Waals surface area contributed by atoms with Crippen LogP contribution in [0.1, 0.15) is 27.2 Å². The van der Waals surface area contributed by atoms with Crippen molar-refractivity contribution < 1.29 is 4.74 Å². The van der Waals surface area contributed by atoms with Gasteiger partial charge in [0.1, 0.15) is 0 Å². The van der Waals surface area contributed by atoms with Crippen LogP contribution in [0.15, 0.2) is 23.8 Å². The Kier molecular flexibility index (Phi) is 2.50. The summed E-state index contributed by atoms with van der Waals surface area (Å²) < 4.78 is 5.59. The van der Waals surface area contributed by atoms with Crippen LogP contribution in [0.25, 0.3) is 0 Å². The fourth-order valence-corrected chi connectivity index (χ4v) is 0.914. The Morgan fingerprint density at radius 2 is 2.18 bits per heavy atom. The quantitative estimate of drug-likeness (QED) is 0.591. The summed E-state index contributed by atoms with van der Waals surface area (Å²) in [6, 6.07) is 0. The lowest BCUT2D eigenvalue weighted by molar-refractivity contribution is 0.0123. The first-order chi connectivity index (χ1) is 5.08. The molecule has 62 valence electrons. The molecular weight excluding hydrogens is 136 g/mol. The Labute approximate surface area is 68.8 Å². The van der Waals surface area contributed by atoms with Gasteiger partial charge in [-0.3, -0.25) is 0 Å². The van der Waals surface area contributed by atoms with E-state index in [2.05, 4.69) is 39.0 Å². The molecule has 1 rings (SSSR count). The molecule has 0 aliphatic heterocycles. The highest BCUT2D eigenvalue weighted by Crippen LogP contribution is 2.13. The van der Waals surface area contributed by atoms with Crippen molar-refractivity contribution in [2.24, 2.45) is 0 Å². The van der Waals surface area contributed by atoms with Crippen molar-refractivity contribution in [1.82, 2.24) is 0 Å². The molecule has 11 heavy (non-hydrogen) atoms. The second kappa shape index (κ2) is 3.22. The van der Waals surface area contributed by atoms with Crippen LogP contribution in [-0.2, 0) is 4.74 Å². The summed E-state index contributed by atoms with van der Waals surface area (Å²) in [6.07, 6.45) is 7.56. The Hall–Kier alpha value is -0.560. The van der Waals surface area contributed by atoms with Crippen LogP contribution in [0.2, 0.25) is 0 Å². The van der Waals surface area contributed by atoms with E-state index in [-0.39, 0.29) is 5.60 Å². The molecule has 1 heteroatoms. The molecule has 0 N–H and O–H groups in total. The minimum absolute atomic E-state index is 0.0166. The van der Waals surface area contributed by atoms with E-state index in [1.165, 1.54) is 5.57 Å². The maximum absolute atomic E-state index is 5.59. The summed E-state index contributed by atoms with van der Waals surface area (Å²) in [6.45, 7) is 6.98. The average Bonchev–Trinajstić information content (AvgIpc) is 2.32. The molecule has 0 radical (unpaired) electrons. The highest BCUT2D eigenvalue weighted by Gasteiger charge is 2.10. The van der Waals surface area contributed by atoms with E-state index < -0.39 is 0 Å². The molecule has 0 aromatic heterocycles. The van der Waals surface area contributed by atoms with E-state index >= 15 is 0 Å². The van der Waals surface area contributed by atoms with Crippen molar-refractivity contribution in [3.05, 3.63) is 23.8 Å². The molecule has 0 heterocycles.